The summed E-state index contributed by atoms with van der Waals surface area (Å²) in [5, 5.41) is 18.1. The van der Waals surface area contributed by atoms with Gasteiger partial charge in [-0.1, -0.05) is 12.8 Å². The lowest BCUT2D eigenvalue weighted by Crippen LogP contribution is -2.35. The maximum absolute atomic E-state index is 13.2. The molecule has 1 aliphatic carbocycles. The molecule has 220 valence electrons. The predicted octanol–water partition coefficient (Wildman–Crippen LogP) is 3.11. The second-order valence-electron chi connectivity index (χ2n) is 10.6. The van der Waals surface area contributed by atoms with Crippen molar-refractivity contribution in [3.8, 4) is 6.07 Å². The number of nitriles is 1. The van der Waals surface area contributed by atoms with E-state index < -0.39 is 59.0 Å². The molecular formula is C24H35N6O8PS. The minimum atomic E-state index is -3.99. The third-order valence-corrected chi connectivity index (χ3v) is 12.0. The first-order valence-corrected chi connectivity index (χ1v) is 17.0. The Bertz CT molecular complexity index is 1430. The van der Waals surface area contributed by atoms with Crippen molar-refractivity contribution < 1.29 is 36.2 Å². The third kappa shape index (κ3) is 6.04. The maximum atomic E-state index is 13.2. The second kappa shape index (κ2) is 11.2. The molecule has 4 atom stereocenters. The summed E-state index contributed by atoms with van der Waals surface area (Å²) in [6.07, 6.45) is 2.49. The highest BCUT2D eigenvalue weighted by Crippen LogP contribution is 2.50. The van der Waals surface area contributed by atoms with E-state index in [0.717, 1.165) is 25.7 Å². The molecule has 4 heterocycles. The van der Waals surface area contributed by atoms with E-state index >= 15 is 0 Å². The van der Waals surface area contributed by atoms with Crippen LogP contribution in [0.5, 0.6) is 0 Å². The second-order valence-corrected chi connectivity index (χ2v) is 15.2. The summed E-state index contributed by atoms with van der Waals surface area (Å²) >= 11 is 0. The number of sulfone groups is 1. The normalized spacial score (nSPS) is 26.8. The Balaban J connectivity index is 1.45. The quantitative estimate of drug-likeness (QED) is 0.374. The molecule has 0 unspecified atom stereocenters. The van der Waals surface area contributed by atoms with Crippen LogP contribution in [0.3, 0.4) is 0 Å². The molecule has 14 nitrogen and oxygen atoms in total. The number of nitrogens with zero attached hydrogens (tertiary/aromatic N) is 5. The maximum Gasteiger partial charge on any atom is 0.345 e. The van der Waals surface area contributed by atoms with Crippen molar-refractivity contribution in [2.24, 2.45) is 0 Å². The van der Waals surface area contributed by atoms with Crippen molar-refractivity contribution in [3.63, 3.8) is 0 Å². The van der Waals surface area contributed by atoms with Gasteiger partial charge in [-0.05, 0) is 40.5 Å². The van der Waals surface area contributed by atoms with Gasteiger partial charge in [0.05, 0.1) is 30.5 Å². The Morgan fingerprint density at radius 2 is 1.85 bits per heavy atom. The van der Waals surface area contributed by atoms with E-state index in [0.29, 0.717) is 16.9 Å². The van der Waals surface area contributed by atoms with Crippen LogP contribution in [0.2, 0.25) is 0 Å². The van der Waals surface area contributed by atoms with Gasteiger partial charge in [-0.2, -0.15) is 15.3 Å². The lowest BCUT2D eigenvalue weighted by atomic mass is 10.1. The fourth-order valence-corrected chi connectivity index (χ4v) is 10.1. The molecule has 2 aromatic rings. The number of anilines is 1. The molecule has 1 N–H and O–H groups in total. The van der Waals surface area contributed by atoms with Gasteiger partial charge in [0.25, 0.3) is 0 Å². The van der Waals surface area contributed by atoms with Crippen molar-refractivity contribution in [2.45, 2.75) is 89.7 Å². The molecule has 2 aliphatic heterocycles. The van der Waals surface area contributed by atoms with Crippen LogP contribution in [-0.2, 0) is 37.7 Å². The van der Waals surface area contributed by atoms with E-state index in [1.165, 1.54) is 4.68 Å². The number of ether oxygens (including phenoxy) is 3. The monoisotopic (exact) mass is 598 g/mol. The van der Waals surface area contributed by atoms with Crippen LogP contribution in [0.1, 0.15) is 65.4 Å². The number of fused-ring (bicyclic) bond motifs is 2. The Hall–Kier alpha value is -2.18. The minimum Gasteiger partial charge on any atom is -0.367 e. The van der Waals surface area contributed by atoms with Crippen LogP contribution in [0.25, 0.3) is 11.0 Å². The van der Waals surface area contributed by atoms with Crippen LogP contribution < -0.4 is 5.32 Å². The van der Waals surface area contributed by atoms with Crippen molar-refractivity contribution in [2.75, 3.05) is 29.8 Å². The first-order valence-electron chi connectivity index (χ1n) is 13.5. The lowest BCUT2D eigenvalue weighted by Gasteiger charge is -2.25. The highest BCUT2D eigenvalue weighted by atomic mass is 32.2. The van der Waals surface area contributed by atoms with Gasteiger partial charge < -0.3 is 28.6 Å². The standard InChI is InChI=1S/C24H35N6O8PS/c1-5-34-39(31,35-6-2)14-40(32,33)13-17-19-20(38-24(3,4)37-19)23(36-17)30-22-16(12-26-30)21(28-18(11-25)29-22)27-15-9-7-8-10-15/h12,15,17,19-20,23H,5-10,13-14H2,1-4H3,(H,27,28,29)/t17-,19-,20-,23-/m1/s1. The van der Waals surface area contributed by atoms with E-state index in [9.17, 15) is 18.2 Å². The van der Waals surface area contributed by atoms with Crippen molar-refractivity contribution in [3.05, 3.63) is 12.0 Å². The van der Waals surface area contributed by atoms with Gasteiger partial charge in [-0.25, -0.2) is 18.1 Å². The van der Waals surface area contributed by atoms with E-state index in [1.54, 1.807) is 33.9 Å². The zero-order valence-corrected chi connectivity index (χ0v) is 24.7. The fraction of sp³-hybridized carbons (Fsp3) is 0.750. The van der Waals surface area contributed by atoms with Gasteiger partial charge in [0.2, 0.25) is 5.82 Å². The summed E-state index contributed by atoms with van der Waals surface area (Å²) in [7, 11) is -7.85. The average Bonchev–Trinajstić information content (AvgIpc) is 3.64. The number of hydrogen-bond acceptors (Lipinski definition) is 13. The fourth-order valence-electron chi connectivity index (χ4n) is 5.57. The zero-order valence-electron chi connectivity index (χ0n) is 23.0. The van der Waals surface area contributed by atoms with Gasteiger partial charge in [0, 0.05) is 6.04 Å². The summed E-state index contributed by atoms with van der Waals surface area (Å²) in [4.78, 5) is 8.77. The molecule has 16 heteroatoms. The van der Waals surface area contributed by atoms with Crippen molar-refractivity contribution >= 4 is 34.3 Å². The van der Waals surface area contributed by atoms with Crippen molar-refractivity contribution in [1.82, 2.24) is 19.7 Å². The number of rotatable bonds is 11. The molecular weight excluding hydrogens is 563 g/mol. The Kier molecular flexibility index (Phi) is 8.24. The molecule has 0 aromatic carbocycles. The Labute approximate surface area is 233 Å². The molecule has 5 rings (SSSR count). The first kappa shape index (κ1) is 29.3. The van der Waals surface area contributed by atoms with Crippen LogP contribution in [0.15, 0.2) is 6.20 Å². The smallest absolute Gasteiger partial charge is 0.345 e. The van der Waals surface area contributed by atoms with Crippen LogP contribution in [0.4, 0.5) is 5.82 Å². The number of nitrogens with one attached hydrogen (secondary N) is 1. The van der Waals surface area contributed by atoms with Crippen LogP contribution in [-0.4, -0.2) is 82.8 Å². The lowest BCUT2D eigenvalue weighted by molar-refractivity contribution is -0.195. The van der Waals surface area contributed by atoms with Gasteiger partial charge in [0.15, 0.2) is 33.0 Å². The van der Waals surface area contributed by atoms with Gasteiger partial charge in [0.1, 0.15) is 30.2 Å². The predicted molar refractivity (Wildman–Crippen MR) is 143 cm³/mol. The van der Waals surface area contributed by atoms with E-state index in [-0.39, 0.29) is 25.1 Å². The first-order chi connectivity index (χ1) is 19.0. The molecule has 0 bridgehead atoms. The molecule has 3 aliphatic rings. The average molecular weight is 599 g/mol. The summed E-state index contributed by atoms with van der Waals surface area (Å²) in [5.41, 5.74) is -0.433. The molecule has 0 radical (unpaired) electrons. The summed E-state index contributed by atoms with van der Waals surface area (Å²) in [6, 6.07) is 2.25. The highest BCUT2D eigenvalue weighted by molar-refractivity contribution is 7.97. The SMILES string of the molecule is CCOP(=O)(CS(=O)(=O)C[C@H]1O[C@@H](n2ncc3c(NC4CCCC4)nc(C#N)nc32)[C@@H]2OC(C)(C)O[C@@H]21)OCC. The molecule has 3 fully saturated rings. The largest absolute Gasteiger partial charge is 0.367 e. The molecule has 0 spiro atoms. The summed E-state index contributed by atoms with van der Waals surface area (Å²) in [6.45, 7) is 6.77. The molecule has 2 saturated heterocycles. The number of aromatic nitrogens is 4. The molecule has 40 heavy (non-hydrogen) atoms. The summed E-state index contributed by atoms with van der Waals surface area (Å²) < 4.78 is 69.7. The van der Waals surface area contributed by atoms with Crippen molar-refractivity contribution in [1.29, 1.82) is 5.26 Å². The zero-order chi connectivity index (χ0) is 28.7. The van der Waals surface area contributed by atoms with E-state index in [4.69, 9.17) is 23.3 Å². The highest BCUT2D eigenvalue weighted by Gasteiger charge is 2.57. The van der Waals surface area contributed by atoms with Gasteiger partial charge in [-0.15, -0.1) is 0 Å². The summed E-state index contributed by atoms with van der Waals surface area (Å²) in [5.74, 6) is -1.04. The van der Waals surface area contributed by atoms with Gasteiger partial charge in [-0.3, -0.25) is 4.57 Å². The Morgan fingerprint density at radius 3 is 2.50 bits per heavy atom. The Morgan fingerprint density at radius 1 is 1.18 bits per heavy atom. The van der Waals surface area contributed by atoms with Crippen LogP contribution in [0, 0.1) is 11.3 Å². The number of hydrogen-bond donors (Lipinski definition) is 1. The van der Waals surface area contributed by atoms with Gasteiger partial charge >= 0.3 is 7.60 Å². The van der Waals surface area contributed by atoms with E-state index in [1.807, 2.05) is 6.07 Å². The molecule has 0 amide bonds. The molecule has 2 aromatic heterocycles. The van der Waals surface area contributed by atoms with E-state index in [2.05, 4.69) is 20.4 Å². The minimum absolute atomic E-state index is 0.0325. The molecule has 1 saturated carbocycles. The van der Waals surface area contributed by atoms with Crippen LogP contribution >= 0.6 is 7.60 Å². The third-order valence-electron chi connectivity index (χ3n) is 7.04. The topological polar surface area (TPSA) is 177 Å².